The van der Waals surface area contributed by atoms with Crippen LogP contribution in [0.25, 0.3) is 12.2 Å². The molecule has 0 saturated heterocycles. The summed E-state index contributed by atoms with van der Waals surface area (Å²) in [6.07, 6.45) is 21.0. The molecule has 0 unspecified atom stereocenters. The molecule has 2 aliphatic carbocycles. The Kier molecular flexibility index (Phi) is 9.25. The average molecular weight is 562 g/mol. The van der Waals surface area contributed by atoms with Gasteiger partial charge in [-0.15, -0.1) is 0 Å². The van der Waals surface area contributed by atoms with E-state index in [1.54, 1.807) is 0 Å². The van der Waals surface area contributed by atoms with E-state index in [1.165, 1.54) is 5.57 Å². The second-order valence-electron chi connectivity index (χ2n) is 11.2. The molecular formula is C36H43N5O. The fraction of sp³-hybridized carbons (Fsp3) is 0.250. The third-order valence-corrected chi connectivity index (χ3v) is 7.31. The molecule has 218 valence electrons. The van der Waals surface area contributed by atoms with E-state index in [0.29, 0.717) is 11.5 Å². The fourth-order valence-corrected chi connectivity index (χ4v) is 5.09. The number of hydrogen-bond donors (Lipinski definition) is 2. The van der Waals surface area contributed by atoms with Gasteiger partial charge in [-0.25, -0.2) is 9.97 Å². The lowest BCUT2D eigenvalue weighted by molar-refractivity contribution is 0.102. The molecule has 1 amide bonds. The van der Waals surface area contributed by atoms with Gasteiger partial charge in [0.25, 0.3) is 5.91 Å². The van der Waals surface area contributed by atoms with Crippen LogP contribution in [0.5, 0.6) is 0 Å². The van der Waals surface area contributed by atoms with Crippen LogP contribution in [0.2, 0.25) is 0 Å². The SMILES string of the molecule is Cc1ccc(CN(C)CC2=CC=CCC=C2)cc1NC(=O)c1ccc(Nc2nc(C(C)C)c3c(n2)=CCC=CC=3)cc1.[HH].[HH]. The predicted octanol–water partition coefficient (Wildman–Crippen LogP) is 6.79. The molecule has 6 nitrogen and oxygen atoms in total. The zero-order valence-electron chi connectivity index (χ0n) is 24.9. The van der Waals surface area contributed by atoms with Gasteiger partial charge in [0.2, 0.25) is 5.95 Å². The molecule has 0 atom stereocenters. The van der Waals surface area contributed by atoms with Gasteiger partial charge in [0.1, 0.15) is 0 Å². The Morgan fingerprint density at radius 1 is 0.976 bits per heavy atom. The molecule has 0 fully saturated rings. The third-order valence-electron chi connectivity index (χ3n) is 7.31. The maximum Gasteiger partial charge on any atom is 0.255 e. The zero-order chi connectivity index (χ0) is 29.5. The predicted molar refractivity (Wildman–Crippen MR) is 178 cm³/mol. The van der Waals surface area contributed by atoms with E-state index in [-0.39, 0.29) is 14.7 Å². The summed E-state index contributed by atoms with van der Waals surface area (Å²) in [6.45, 7) is 7.95. The summed E-state index contributed by atoms with van der Waals surface area (Å²) in [5.74, 6) is 0.679. The number of carbonyl (C=O) groups excluding carboxylic acids is 1. The number of fused-ring (bicyclic) bond motifs is 1. The summed E-state index contributed by atoms with van der Waals surface area (Å²) in [5, 5.41) is 8.46. The van der Waals surface area contributed by atoms with Gasteiger partial charge in [-0.05, 0) is 79.8 Å². The van der Waals surface area contributed by atoms with Gasteiger partial charge in [-0.2, -0.15) is 0 Å². The summed E-state index contributed by atoms with van der Waals surface area (Å²) < 4.78 is 0. The molecule has 2 N–H and O–H groups in total. The maximum absolute atomic E-state index is 13.2. The van der Waals surface area contributed by atoms with Gasteiger partial charge in [-0.1, -0.05) is 80.7 Å². The highest BCUT2D eigenvalue weighted by Gasteiger charge is 2.12. The van der Waals surface area contributed by atoms with Crippen molar-refractivity contribution in [2.75, 3.05) is 24.2 Å². The van der Waals surface area contributed by atoms with Gasteiger partial charge in [0.05, 0.1) is 11.0 Å². The van der Waals surface area contributed by atoms with E-state index in [4.69, 9.17) is 9.97 Å². The average Bonchev–Trinajstić information content (AvgIpc) is 3.37. The molecule has 42 heavy (non-hydrogen) atoms. The Morgan fingerprint density at radius 3 is 2.57 bits per heavy atom. The quantitative estimate of drug-likeness (QED) is 0.301. The van der Waals surface area contributed by atoms with E-state index in [0.717, 1.165) is 64.7 Å². The van der Waals surface area contributed by atoms with Crippen LogP contribution in [0.15, 0.2) is 90.6 Å². The van der Waals surface area contributed by atoms with E-state index >= 15 is 0 Å². The first-order valence-corrected chi connectivity index (χ1v) is 14.6. The van der Waals surface area contributed by atoms with Crippen LogP contribution in [0.4, 0.5) is 17.3 Å². The Labute approximate surface area is 251 Å². The van der Waals surface area contributed by atoms with Gasteiger partial charge >= 0.3 is 0 Å². The molecule has 0 spiro atoms. The largest absolute Gasteiger partial charge is 0.324 e. The minimum Gasteiger partial charge on any atom is -0.324 e. The lowest BCUT2D eigenvalue weighted by Gasteiger charge is -2.18. The number of hydrogen-bond acceptors (Lipinski definition) is 5. The van der Waals surface area contributed by atoms with Crippen LogP contribution in [0, 0.1) is 6.92 Å². The van der Waals surface area contributed by atoms with Crippen molar-refractivity contribution in [3.05, 3.63) is 124 Å². The third kappa shape index (κ3) is 7.39. The Morgan fingerprint density at radius 2 is 1.76 bits per heavy atom. The molecule has 6 heteroatoms. The fourth-order valence-electron chi connectivity index (χ4n) is 5.09. The number of aromatic nitrogens is 2. The summed E-state index contributed by atoms with van der Waals surface area (Å²) in [5.41, 5.74) is 6.71. The van der Waals surface area contributed by atoms with Crippen LogP contribution in [0.1, 0.15) is 62.6 Å². The number of likely N-dealkylation sites (N-methyl/N-ethyl adjacent to an activating group) is 1. The van der Waals surface area contributed by atoms with E-state index in [9.17, 15) is 4.79 Å². The highest BCUT2D eigenvalue weighted by atomic mass is 16.1. The monoisotopic (exact) mass is 561 g/mol. The molecule has 1 aromatic heterocycles. The number of amides is 1. The molecule has 5 rings (SSSR count). The number of nitrogens with one attached hydrogen (secondary N) is 2. The Hall–Kier alpha value is -4.55. The number of nitrogens with zero attached hydrogens (tertiary/aromatic N) is 3. The van der Waals surface area contributed by atoms with Crippen LogP contribution >= 0.6 is 0 Å². The van der Waals surface area contributed by atoms with E-state index in [1.807, 2.05) is 31.2 Å². The van der Waals surface area contributed by atoms with Crippen molar-refractivity contribution in [1.82, 2.24) is 14.9 Å². The summed E-state index contributed by atoms with van der Waals surface area (Å²) >= 11 is 0. The normalized spacial score (nSPS) is 14.0. The van der Waals surface area contributed by atoms with Gasteiger partial charge in [0, 0.05) is 38.1 Å². The first-order valence-electron chi connectivity index (χ1n) is 14.6. The first-order chi connectivity index (χ1) is 20.4. The standard InChI is InChI=1S/C36H39N5O.2H2/c1-25(2)34-31-14-10-7-11-15-32(31)39-36(40-34)37-30-20-18-29(19-21-30)35(42)38-33-22-28(17-16-26(33)3)24-41(4)23-27-12-8-5-6-9-13-27;;/h5,7-10,12-22,25H,6,11,23-24H2,1-4H3,(H,37,39)(H,38,42);2*1H. The van der Waals surface area contributed by atoms with Crippen molar-refractivity contribution in [2.24, 2.45) is 0 Å². The number of benzene rings is 2. The second-order valence-corrected chi connectivity index (χ2v) is 11.2. The molecule has 1 heterocycles. The molecule has 2 aliphatic rings. The number of aryl methyl sites for hydroxylation is 1. The molecule has 0 saturated carbocycles. The molecular weight excluding hydrogens is 518 g/mol. The topological polar surface area (TPSA) is 70.2 Å². The minimum absolute atomic E-state index is 0. The highest BCUT2D eigenvalue weighted by molar-refractivity contribution is 6.04. The van der Waals surface area contributed by atoms with Crippen LogP contribution < -0.4 is 21.2 Å². The molecule has 2 aromatic carbocycles. The number of rotatable bonds is 9. The van der Waals surface area contributed by atoms with Crippen LogP contribution in [-0.2, 0) is 6.54 Å². The van der Waals surface area contributed by atoms with Crippen LogP contribution in [-0.4, -0.2) is 34.4 Å². The second kappa shape index (κ2) is 13.4. The van der Waals surface area contributed by atoms with Gasteiger partial charge in [0.15, 0.2) is 0 Å². The highest BCUT2D eigenvalue weighted by Crippen LogP contribution is 2.21. The molecule has 0 bridgehead atoms. The Bertz CT molecular complexity index is 1710. The number of anilines is 3. The van der Waals surface area contributed by atoms with E-state index in [2.05, 4.69) is 109 Å². The molecule has 0 aliphatic heterocycles. The summed E-state index contributed by atoms with van der Waals surface area (Å²) in [4.78, 5) is 25.0. The zero-order valence-corrected chi connectivity index (χ0v) is 24.9. The summed E-state index contributed by atoms with van der Waals surface area (Å²) in [6, 6.07) is 13.7. The molecule has 3 aromatic rings. The van der Waals surface area contributed by atoms with Crippen molar-refractivity contribution in [3.8, 4) is 0 Å². The van der Waals surface area contributed by atoms with Crippen molar-refractivity contribution in [1.29, 1.82) is 0 Å². The van der Waals surface area contributed by atoms with Gasteiger partial charge in [-0.3, -0.25) is 9.69 Å². The molecule has 0 radical (unpaired) electrons. The lowest BCUT2D eigenvalue weighted by Crippen LogP contribution is -2.34. The van der Waals surface area contributed by atoms with Crippen LogP contribution in [0.3, 0.4) is 0 Å². The van der Waals surface area contributed by atoms with Crippen molar-refractivity contribution in [2.45, 2.75) is 46.1 Å². The summed E-state index contributed by atoms with van der Waals surface area (Å²) in [7, 11) is 2.12. The number of carbonyl (C=O) groups is 1. The van der Waals surface area contributed by atoms with Crippen molar-refractivity contribution >= 4 is 35.4 Å². The van der Waals surface area contributed by atoms with Gasteiger partial charge < -0.3 is 10.6 Å². The van der Waals surface area contributed by atoms with E-state index < -0.39 is 0 Å². The van der Waals surface area contributed by atoms with Crippen molar-refractivity contribution < 1.29 is 7.65 Å². The minimum atomic E-state index is -0.142. The Balaban J connectivity index is 0.00000264. The number of allylic oxidation sites excluding steroid dienone is 6. The smallest absolute Gasteiger partial charge is 0.255 e. The van der Waals surface area contributed by atoms with Crippen molar-refractivity contribution in [3.63, 3.8) is 0 Å². The maximum atomic E-state index is 13.2. The first kappa shape index (κ1) is 29.0. The lowest BCUT2D eigenvalue weighted by atomic mass is 10.1.